The highest BCUT2D eigenvalue weighted by Crippen LogP contribution is 2.27. The van der Waals surface area contributed by atoms with Gasteiger partial charge < -0.3 is 4.74 Å². The molecule has 52 valence electrons. The lowest BCUT2D eigenvalue weighted by Gasteiger charge is -2.13. The minimum Gasteiger partial charge on any atom is -0.500 e. The van der Waals surface area contributed by atoms with Crippen LogP contribution in [0.5, 0.6) is 0 Å². The summed E-state index contributed by atoms with van der Waals surface area (Å²) < 4.78 is 5.05. The lowest BCUT2D eigenvalue weighted by molar-refractivity contribution is 0.264. The second-order valence-electron chi connectivity index (χ2n) is 2.24. The van der Waals surface area contributed by atoms with Gasteiger partial charge in [-0.15, -0.1) is 0 Å². The average molecular weight is 147 g/mol. The number of methoxy groups -OCH3 is 1. The van der Waals surface area contributed by atoms with Crippen LogP contribution in [0, 0.1) is 0 Å². The lowest BCUT2D eigenvalue weighted by Crippen LogP contribution is -1.96. The molecule has 9 heavy (non-hydrogen) atoms. The third-order valence-corrected chi connectivity index (χ3v) is 2.00. The van der Waals surface area contributed by atoms with Crippen molar-refractivity contribution in [3.05, 3.63) is 10.8 Å². The van der Waals surface area contributed by atoms with E-state index in [-0.39, 0.29) is 0 Å². The van der Waals surface area contributed by atoms with E-state index in [4.69, 9.17) is 16.3 Å². The first-order valence-electron chi connectivity index (χ1n) is 3.26. The van der Waals surface area contributed by atoms with Gasteiger partial charge in [0, 0.05) is 6.42 Å². The molecule has 1 rings (SSSR count). The molecule has 0 spiro atoms. The first-order chi connectivity index (χ1) is 4.34. The Kier molecular flexibility index (Phi) is 2.40. The molecule has 1 aliphatic carbocycles. The largest absolute Gasteiger partial charge is 0.500 e. The van der Waals surface area contributed by atoms with Gasteiger partial charge in [0.25, 0.3) is 0 Å². The lowest BCUT2D eigenvalue weighted by atomic mass is 10.1. The third kappa shape index (κ3) is 1.62. The zero-order chi connectivity index (χ0) is 6.69. The Morgan fingerprint density at radius 1 is 1.33 bits per heavy atom. The van der Waals surface area contributed by atoms with Crippen LogP contribution in [-0.2, 0) is 4.74 Å². The van der Waals surface area contributed by atoms with Gasteiger partial charge in [-0.25, -0.2) is 0 Å². The standard InChI is InChI=1S/C7H11ClO/c1-9-7-5-3-2-4-6(7)8/h2-5H2,1H3. The van der Waals surface area contributed by atoms with Crippen molar-refractivity contribution in [1.82, 2.24) is 0 Å². The van der Waals surface area contributed by atoms with E-state index in [9.17, 15) is 0 Å². The van der Waals surface area contributed by atoms with Crippen LogP contribution in [0.25, 0.3) is 0 Å². The molecule has 0 aromatic heterocycles. The molecule has 0 amide bonds. The number of halogens is 1. The van der Waals surface area contributed by atoms with Gasteiger partial charge in [-0.2, -0.15) is 0 Å². The quantitative estimate of drug-likeness (QED) is 0.553. The first kappa shape index (κ1) is 6.94. The van der Waals surface area contributed by atoms with E-state index >= 15 is 0 Å². The summed E-state index contributed by atoms with van der Waals surface area (Å²) in [5.74, 6) is 0.989. The number of allylic oxidation sites excluding steroid dienone is 2. The summed E-state index contributed by atoms with van der Waals surface area (Å²) in [6.45, 7) is 0. The summed E-state index contributed by atoms with van der Waals surface area (Å²) in [7, 11) is 1.68. The maximum atomic E-state index is 5.84. The fourth-order valence-corrected chi connectivity index (χ4v) is 1.36. The van der Waals surface area contributed by atoms with Crippen molar-refractivity contribution in [2.45, 2.75) is 25.7 Å². The molecule has 0 bridgehead atoms. The SMILES string of the molecule is COC1=C(Cl)CCCC1. The molecule has 0 atom stereocenters. The molecule has 0 N–H and O–H groups in total. The Balaban J connectivity index is 2.59. The van der Waals surface area contributed by atoms with E-state index in [0.29, 0.717) is 0 Å². The van der Waals surface area contributed by atoms with Crippen LogP contribution < -0.4 is 0 Å². The highest BCUT2D eigenvalue weighted by atomic mass is 35.5. The van der Waals surface area contributed by atoms with Gasteiger partial charge in [0.1, 0.15) is 5.76 Å². The zero-order valence-corrected chi connectivity index (χ0v) is 6.37. The molecule has 1 aliphatic rings. The third-order valence-electron chi connectivity index (χ3n) is 1.60. The normalized spacial score (nSPS) is 20.2. The van der Waals surface area contributed by atoms with Crippen LogP contribution in [0.3, 0.4) is 0 Å². The summed E-state index contributed by atoms with van der Waals surface area (Å²) in [5.41, 5.74) is 0. The van der Waals surface area contributed by atoms with Crippen LogP contribution in [0.4, 0.5) is 0 Å². The molecule has 0 unspecified atom stereocenters. The molecule has 2 heteroatoms. The van der Waals surface area contributed by atoms with Gasteiger partial charge in [-0.05, 0) is 19.3 Å². The Labute approximate surface area is 60.7 Å². The highest BCUT2D eigenvalue weighted by Gasteiger charge is 2.09. The van der Waals surface area contributed by atoms with Crippen LogP contribution >= 0.6 is 11.6 Å². The van der Waals surface area contributed by atoms with Crippen molar-refractivity contribution in [2.24, 2.45) is 0 Å². The molecule has 0 aromatic carbocycles. The fraction of sp³-hybridized carbons (Fsp3) is 0.714. The van der Waals surface area contributed by atoms with Crippen molar-refractivity contribution in [3.8, 4) is 0 Å². The van der Waals surface area contributed by atoms with Gasteiger partial charge in [0.15, 0.2) is 0 Å². The minimum absolute atomic E-state index is 0.920. The molecule has 0 aliphatic heterocycles. The van der Waals surface area contributed by atoms with Crippen molar-refractivity contribution in [3.63, 3.8) is 0 Å². The van der Waals surface area contributed by atoms with E-state index in [2.05, 4.69) is 0 Å². The maximum Gasteiger partial charge on any atom is 0.110 e. The topological polar surface area (TPSA) is 9.23 Å². The van der Waals surface area contributed by atoms with Crippen LogP contribution in [0.2, 0.25) is 0 Å². The molecule has 0 saturated heterocycles. The van der Waals surface area contributed by atoms with E-state index in [1.807, 2.05) is 0 Å². The number of hydrogen-bond donors (Lipinski definition) is 0. The maximum absolute atomic E-state index is 5.84. The molecule has 0 radical (unpaired) electrons. The fourth-order valence-electron chi connectivity index (χ4n) is 1.05. The summed E-state index contributed by atoms with van der Waals surface area (Å²) in [6, 6.07) is 0. The van der Waals surface area contributed by atoms with E-state index in [1.165, 1.54) is 12.8 Å². The minimum atomic E-state index is 0.920. The number of hydrogen-bond acceptors (Lipinski definition) is 1. The summed E-state index contributed by atoms with van der Waals surface area (Å²) in [4.78, 5) is 0. The van der Waals surface area contributed by atoms with Gasteiger partial charge in [-0.1, -0.05) is 11.6 Å². The van der Waals surface area contributed by atoms with E-state index < -0.39 is 0 Å². The van der Waals surface area contributed by atoms with Gasteiger partial charge in [0.05, 0.1) is 12.1 Å². The van der Waals surface area contributed by atoms with Crippen molar-refractivity contribution < 1.29 is 4.74 Å². The average Bonchev–Trinajstić information content (AvgIpc) is 1.89. The molecular weight excluding hydrogens is 136 g/mol. The second kappa shape index (κ2) is 3.11. The Bertz CT molecular complexity index is 129. The summed E-state index contributed by atoms with van der Waals surface area (Å²) >= 11 is 5.84. The number of ether oxygens (including phenoxy) is 1. The van der Waals surface area contributed by atoms with Crippen molar-refractivity contribution >= 4 is 11.6 Å². The summed E-state index contributed by atoms with van der Waals surface area (Å²) in [6.07, 6.45) is 4.46. The van der Waals surface area contributed by atoms with E-state index in [0.717, 1.165) is 23.6 Å². The molecular formula is C7H11ClO. The Morgan fingerprint density at radius 3 is 2.44 bits per heavy atom. The Hall–Kier alpha value is -0.170. The van der Waals surface area contributed by atoms with Crippen LogP contribution in [-0.4, -0.2) is 7.11 Å². The van der Waals surface area contributed by atoms with Crippen molar-refractivity contribution in [2.75, 3.05) is 7.11 Å². The predicted molar refractivity (Wildman–Crippen MR) is 38.4 cm³/mol. The predicted octanol–water partition coefficient (Wildman–Crippen LogP) is 2.66. The highest BCUT2D eigenvalue weighted by molar-refractivity contribution is 6.29. The summed E-state index contributed by atoms with van der Waals surface area (Å²) in [5, 5.41) is 0.920. The first-order valence-corrected chi connectivity index (χ1v) is 3.64. The zero-order valence-electron chi connectivity index (χ0n) is 5.61. The van der Waals surface area contributed by atoms with Gasteiger partial charge >= 0.3 is 0 Å². The van der Waals surface area contributed by atoms with Crippen LogP contribution in [0.1, 0.15) is 25.7 Å². The molecule has 0 heterocycles. The van der Waals surface area contributed by atoms with E-state index in [1.54, 1.807) is 7.11 Å². The number of rotatable bonds is 1. The van der Waals surface area contributed by atoms with Gasteiger partial charge in [0.2, 0.25) is 0 Å². The molecule has 0 saturated carbocycles. The van der Waals surface area contributed by atoms with Crippen LogP contribution in [0.15, 0.2) is 10.8 Å². The second-order valence-corrected chi connectivity index (χ2v) is 2.70. The molecule has 0 aromatic rings. The smallest absolute Gasteiger partial charge is 0.110 e. The van der Waals surface area contributed by atoms with Gasteiger partial charge in [-0.3, -0.25) is 0 Å². The molecule has 0 fully saturated rings. The van der Waals surface area contributed by atoms with Crippen molar-refractivity contribution in [1.29, 1.82) is 0 Å². The Morgan fingerprint density at radius 2 is 2.00 bits per heavy atom. The molecule has 1 nitrogen and oxygen atoms in total. The monoisotopic (exact) mass is 146 g/mol.